The van der Waals surface area contributed by atoms with E-state index < -0.39 is 5.97 Å². The van der Waals surface area contributed by atoms with Gasteiger partial charge in [0.05, 0.1) is 27.0 Å². The SMILES string of the molecule is COC(=O)c1cc(C#CCCCCCCCCCC(C)(C)C)c(N)c(I)c1Cl. The monoisotopic (exact) mass is 517 g/mol. The van der Waals surface area contributed by atoms with Crippen molar-refractivity contribution < 1.29 is 9.53 Å². The summed E-state index contributed by atoms with van der Waals surface area (Å²) < 4.78 is 5.41. The number of ether oxygens (including phenoxy) is 1. The van der Waals surface area contributed by atoms with Gasteiger partial charge in [-0.05, 0) is 46.9 Å². The summed E-state index contributed by atoms with van der Waals surface area (Å²) >= 11 is 8.23. The molecule has 2 N–H and O–H groups in total. The van der Waals surface area contributed by atoms with Crippen molar-refractivity contribution in [1.82, 2.24) is 0 Å². The van der Waals surface area contributed by atoms with Crippen molar-refractivity contribution in [3.05, 3.63) is 25.8 Å². The number of benzene rings is 1. The van der Waals surface area contributed by atoms with E-state index in [0.717, 1.165) is 12.8 Å². The molecule has 0 saturated heterocycles. The van der Waals surface area contributed by atoms with Crippen LogP contribution < -0.4 is 5.73 Å². The molecule has 0 aliphatic rings. The molecule has 0 atom stereocenters. The van der Waals surface area contributed by atoms with Crippen LogP contribution in [0.25, 0.3) is 0 Å². The van der Waals surface area contributed by atoms with Gasteiger partial charge in [0.2, 0.25) is 0 Å². The van der Waals surface area contributed by atoms with E-state index in [4.69, 9.17) is 22.1 Å². The number of nitrogen functional groups attached to an aromatic ring is 1. The minimum atomic E-state index is -0.478. The van der Waals surface area contributed by atoms with Gasteiger partial charge in [0, 0.05) is 12.0 Å². The molecular formula is C23H33ClINO2. The van der Waals surface area contributed by atoms with Crippen molar-refractivity contribution in [3.63, 3.8) is 0 Å². The Kier molecular flexibility index (Phi) is 11.3. The van der Waals surface area contributed by atoms with Gasteiger partial charge in [-0.2, -0.15) is 0 Å². The summed E-state index contributed by atoms with van der Waals surface area (Å²) in [5.41, 5.74) is 8.01. The molecule has 156 valence electrons. The maximum absolute atomic E-state index is 11.8. The van der Waals surface area contributed by atoms with Crippen molar-refractivity contribution in [2.45, 2.75) is 78.6 Å². The highest BCUT2D eigenvalue weighted by molar-refractivity contribution is 14.1. The molecule has 0 amide bonds. The van der Waals surface area contributed by atoms with Crippen LogP contribution in [-0.4, -0.2) is 13.1 Å². The molecule has 3 nitrogen and oxygen atoms in total. The molecule has 0 spiro atoms. The maximum atomic E-state index is 11.8. The van der Waals surface area contributed by atoms with Crippen LogP contribution >= 0.6 is 34.2 Å². The number of rotatable bonds is 9. The molecule has 0 fully saturated rings. The zero-order valence-electron chi connectivity index (χ0n) is 17.6. The molecule has 5 heteroatoms. The van der Waals surface area contributed by atoms with Gasteiger partial charge in [-0.15, -0.1) is 0 Å². The van der Waals surface area contributed by atoms with Crippen LogP contribution in [0.15, 0.2) is 6.07 Å². The lowest BCUT2D eigenvalue weighted by Gasteiger charge is -2.17. The third-order valence-corrected chi connectivity index (χ3v) is 6.43. The van der Waals surface area contributed by atoms with Gasteiger partial charge in [0.25, 0.3) is 0 Å². The third kappa shape index (κ3) is 9.05. The number of anilines is 1. The Morgan fingerprint density at radius 2 is 1.71 bits per heavy atom. The number of methoxy groups -OCH3 is 1. The first kappa shape index (κ1) is 25.1. The molecule has 0 saturated carbocycles. The van der Waals surface area contributed by atoms with Gasteiger partial charge >= 0.3 is 5.97 Å². The van der Waals surface area contributed by atoms with Crippen LogP contribution in [0, 0.1) is 20.8 Å². The van der Waals surface area contributed by atoms with Crippen LogP contribution in [0.3, 0.4) is 0 Å². The van der Waals surface area contributed by atoms with E-state index in [9.17, 15) is 4.79 Å². The summed E-state index contributed by atoms with van der Waals surface area (Å²) in [5, 5.41) is 0.318. The average molecular weight is 518 g/mol. The molecular weight excluding hydrogens is 485 g/mol. The standard InChI is InChI=1S/C23H33ClINO2/c1-23(2,3)15-13-11-9-7-5-6-8-10-12-14-17-16-18(22(27)28-4)19(24)20(25)21(17)26/h16H,5-11,13,15,26H2,1-4H3. The van der Waals surface area contributed by atoms with Crippen LogP contribution in [0.5, 0.6) is 0 Å². The Morgan fingerprint density at radius 1 is 1.14 bits per heavy atom. The number of carbonyl (C=O) groups excluding carboxylic acids is 1. The molecule has 28 heavy (non-hydrogen) atoms. The smallest absolute Gasteiger partial charge is 0.339 e. The number of unbranched alkanes of at least 4 members (excludes halogenated alkanes) is 7. The lowest BCUT2D eigenvalue weighted by atomic mass is 9.89. The molecule has 1 aromatic carbocycles. The maximum Gasteiger partial charge on any atom is 0.339 e. The van der Waals surface area contributed by atoms with Gasteiger partial charge < -0.3 is 10.5 Å². The average Bonchev–Trinajstić information content (AvgIpc) is 2.64. The first-order valence-electron chi connectivity index (χ1n) is 10.0. The summed E-state index contributed by atoms with van der Waals surface area (Å²) in [6, 6.07) is 1.62. The lowest BCUT2D eigenvalue weighted by molar-refractivity contribution is 0.0601. The highest BCUT2D eigenvalue weighted by Gasteiger charge is 2.17. The zero-order chi connectivity index (χ0) is 21.2. The van der Waals surface area contributed by atoms with Crippen LogP contribution in [0.2, 0.25) is 5.02 Å². The second kappa shape index (κ2) is 12.6. The molecule has 0 unspecified atom stereocenters. The van der Waals surface area contributed by atoms with Gasteiger partial charge in [-0.1, -0.05) is 82.7 Å². The first-order valence-corrected chi connectivity index (χ1v) is 11.5. The Hall–Kier alpha value is -0.930. The van der Waals surface area contributed by atoms with Crippen LogP contribution in [-0.2, 0) is 4.74 Å². The van der Waals surface area contributed by atoms with Crippen molar-refractivity contribution in [2.24, 2.45) is 5.41 Å². The molecule has 0 bridgehead atoms. The van der Waals surface area contributed by atoms with E-state index in [1.807, 2.05) is 22.6 Å². The Morgan fingerprint density at radius 3 is 2.29 bits per heavy atom. The fourth-order valence-corrected chi connectivity index (χ4v) is 3.73. The highest BCUT2D eigenvalue weighted by atomic mass is 127. The summed E-state index contributed by atoms with van der Waals surface area (Å²) in [6.07, 6.45) is 11.0. The predicted octanol–water partition coefficient (Wildman–Crippen LogP) is 7.22. The van der Waals surface area contributed by atoms with E-state index in [0.29, 0.717) is 30.8 Å². The minimum absolute atomic E-state index is 0.304. The summed E-state index contributed by atoms with van der Waals surface area (Å²) in [5.74, 6) is 5.78. The Labute approximate surface area is 189 Å². The van der Waals surface area contributed by atoms with E-state index in [2.05, 4.69) is 32.6 Å². The molecule has 1 rings (SSSR count). The summed E-state index contributed by atoms with van der Waals surface area (Å²) in [6.45, 7) is 6.93. The first-order chi connectivity index (χ1) is 13.2. The number of hydrogen-bond acceptors (Lipinski definition) is 3. The summed E-state index contributed by atoms with van der Waals surface area (Å²) in [7, 11) is 1.33. The van der Waals surface area contributed by atoms with E-state index in [-0.39, 0.29) is 0 Å². The number of esters is 1. The van der Waals surface area contributed by atoms with Crippen molar-refractivity contribution in [2.75, 3.05) is 12.8 Å². The minimum Gasteiger partial charge on any atom is -0.465 e. The second-order valence-electron chi connectivity index (χ2n) is 8.34. The van der Waals surface area contributed by atoms with Gasteiger partial charge in [0.15, 0.2) is 0 Å². The van der Waals surface area contributed by atoms with Crippen molar-refractivity contribution in [3.8, 4) is 11.8 Å². The quantitative estimate of drug-likeness (QED) is 0.124. The number of hydrogen-bond donors (Lipinski definition) is 1. The highest BCUT2D eigenvalue weighted by Crippen LogP contribution is 2.31. The van der Waals surface area contributed by atoms with Crippen LogP contribution in [0.1, 0.15) is 94.5 Å². The summed E-state index contributed by atoms with van der Waals surface area (Å²) in [4.78, 5) is 11.8. The molecule has 1 aromatic rings. The Balaban J connectivity index is 2.38. The second-order valence-corrected chi connectivity index (χ2v) is 9.80. The Bertz CT molecular complexity index is 714. The lowest BCUT2D eigenvalue weighted by Crippen LogP contribution is -2.06. The normalized spacial score (nSPS) is 11.1. The van der Waals surface area contributed by atoms with E-state index >= 15 is 0 Å². The molecule has 0 aliphatic carbocycles. The van der Waals surface area contributed by atoms with Crippen molar-refractivity contribution >= 4 is 45.8 Å². The number of nitrogens with two attached hydrogens (primary N) is 1. The number of carbonyl (C=O) groups is 1. The fraction of sp³-hybridized carbons (Fsp3) is 0.609. The number of halogens is 2. The van der Waals surface area contributed by atoms with Crippen molar-refractivity contribution in [1.29, 1.82) is 0 Å². The van der Waals surface area contributed by atoms with E-state index in [1.54, 1.807) is 6.07 Å². The van der Waals surface area contributed by atoms with Crippen LogP contribution in [0.4, 0.5) is 5.69 Å². The zero-order valence-corrected chi connectivity index (χ0v) is 20.5. The van der Waals surface area contributed by atoms with Gasteiger partial charge in [-0.25, -0.2) is 4.79 Å². The molecule has 0 radical (unpaired) electrons. The van der Waals surface area contributed by atoms with Gasteiger partial charge in [0.1, 0.15) is 0 Å². The topological polar surface area (TPSA) is 52.3 Å². The molecule has 0 heterocycles. The van der Waals surface area contributed by atoms with Gasteiger partial charge in [-0.3, -0.25) is 0 Å². The van der Waals surface area contributed by atoms with E-state index in [1.165, 1.54) is 52.1 Å². The fourth-order valence-electron chi connectivity index (χ4n) is 2.91. The molecule has 0 aliphatic heterocycles. The largest absolute Gasteiger partial charge is 0.465 e. The molecule has 0 aromatic heterocycles. The third-order valence-electron chi connectivity index (χ3n) is 4.60. The predicted molar refractivity (Wildman–Crippen MR) is 128 cm³/mol.